The van der Waals surface area contributed by atoms with E-state index in [4.69, 9.17) is 9.97 Å². The van der Waals surface area contributed by atoms with E-state index in [9.17, 15) is 14.7 Å². The molecule has 2 aromatic carbocycles. The fourth-order valence-electron chi connectivity index (χ4n) is 9.55. The predicted molar refractivity (Wildman–Crippen MR) is 192 cm³/mol. The van der Waals surface area contributed by atoms with Crippen LogP contribution < -0.4 is 15.5 Å². The van der Waals surface area contributed by atoms with Crippen molar-refractivity contribution in [2.75, 3.05) is 22.1 Å². The molecule has 0 radical (unpaired) electrons. The minimum Gasteiger partial charge on any atom is -0.476 e. The summed E-state index contributed by atoms with van der Waals surface area (Å²) in [5, 5.41) is 17.9. The number of para-hydroxylation sites is 1. The summed E-state index contributed by atoms with van der Waals surface area (Å²) in [5.41, 5.74) is 5.93. The Morgan fingerprint density at radius 1 is 0.918 bits per heavy atom. The molecule has 3 aromatic heterocycles. The van der Waals surface area contributed by atoms with E-state index in [2.05, 4.69) is 26.6 Å². The number of carbonyl (C=O) groups excluding carboxylic acids is 1. The highest BCUT2D eigenvalue weighted by molar-refractivity contribution is 7.22. The van der Waals surface area contributed by atoms with Gasteiger partial charge in [-0.3, -0.25) is 10.1 Å². The molecule has 0 unspecified atom stereocenters. The molecule has 4 fully saturated rings. The second kappa shape index (κ2) is 11.7. The van der Waals surface area contributed by atoms with Crippen molar-refractivity contribution >= 4 is 50.2 Å². The Morgan fingerprint density at radius 2 is 1.69 bits per heavy atom. The molecule has 49 heavy (non-hydrogen) atoms. The van der Waals surface area contributed by atoms with Crippen LogP contribution in [0.4, 0.5) is 16.8 Å². The summed E-state index contributed by atoms with van der Waals surface area (Å²) in [6.07, 6.45) is 10.2. The van der Waals surface area contributed by atoms with E-state index < -0.39 is 5.97 Å². The summed E-state index contributed by atoms with van der Waals surface area (Å²) < 4.78 is 1.01. The number of amides is 1. The number of hydrogen-bond acceptors (Lipinski definition) is 8. The lowest BCUT2D eigenvalue weighted by Crippen LogP contribution is -2.55. The molecule has 0 spiro atoms. The number of benzene rings is 2. The quantitative estimate of drug-likeness (QED) is 0.160. The van der Waals surface area contributed by atoms with Gasteiger partial charge in [-0.1, -0.05) is 35.6 Å². The van der Waals surface area contributed by atoms with Gasteiger partial charge in [0.15, 0.2) is 10.8 Å². The Bertz CT molecular complexity index is 2070. The average molecular weight is 671 g/mol. The summed E-state index contributed by atoms with van der Waals surface area (Å²) in [6.45, 7) is 3.14. The van der Waals surface area contributed by atoms with Crippen LogP contribution in [0.3, 0.4) is 0 Å². The van der Waals surface area contributed by atoms with Crippen molar-refractivity contribution in [2.45, 2.75) is 64.0 Å². The van der Waals surface area contributed by atoms with Gasteiger partial charge in [-0.25, -0.2) is 19.7 Å². The van der Waals surface area contributed by atoms with Gasteiger partial charge >= 0.3 is 5.97 Å². The van der Waals surface area contributed by atoms with Crippen molar-refractivity contribution in [1.82, 2.24) is 15.0 Å². The lowest BCUT2D eigenvalue weighted by atomic mass is 9.53. The lowest BCUT2D eigenvalue weighted by Gasteiger charge is -2.57. The molecule has 9 nitrogen and oxygen atoms in total. The van der Waals surface area contributed by atoms with Crippen LogP contribution in [0.1, 0.15) is 76.1 Å². The van der Waals surface area contributed by atoms with Crippen molar-refractivity contribution in [2.24, 2.45) is 17.8 Å². The summed E-state index contributed by atoms with van der Waals surface area (Å²) in [7, 11) is 0. The van der Waals surface area contributed by atoms with E-state index in [1.54, 1.807) is 6.20 Å². The zero-order valence-electron chi connectivity index (χ0n) is 27.4. The minimum absolute atomic E-state index is 0.0141. The van der Waals surface area contributed by atoms with E-state index in [0.717, 1.165) is 56.0 Å². The van der Waals surface area contributed by atoms with Gasteiger partial charge in [0.05, 0.1) is 10.2 Å². The van der Waals surface area contributed by atoms with Crippen molar-refractivity contribution < 1.29 is 14.7 Å². The summed E-state index contributed by atoms with van der Waals surface area (Å²) in [6, 6.07) is 19.3. The summed E-state index contributed by atoms with van der Waals surface area (Å²) in [5.74, 6) is 2.57. The maximum absolute atomic E-state index is 13.5. The van der Waals surface area contributed by atoms with E-state index in [0.29, 0.717) is 41.6 Å². The third kappa shape index (κ3) is 5.42. The first-order valence-electron chi connectivity index (χ1n) is 17.3. The number of pyridine rings is 2. The zero-order chi connectivity index (χ0) is 33.3. The molecular weight excluding hydrogens is 633 g/mol. The molecule has 4 heterocycles. The van der Waals surface area contributed by atoms with Crippen LogP contribution in [-0.4, -0.2) is 44.0 Å². The molecule has 1 aliphatic heterocycles. The normalized spacial score (nSPS) is 23.8. The van der Waals surface area contributed by atoms with Crippen molar-refractivity contribution in [3.05, 3.63) is 94.8 Å². The lowest BCUT2D eigenvalue weighted by molar-refractivity contribution is 0.0105. The number of fused-ring (bicyclic) bond motifs is 2. The van der Waals surface area contributed by atoms with Gasteiger partial charge < -0.3 is 15.3 Å². The van der Waals surface area contributed by atoms with Crippen LogP contribution in [-0.2, 0) is 13.0 Å². The smallest absolute Gasteiger partial charge is 0.355 e. The number of nitrogens with zero attached hydrogens (tertiary/aromatic N) is 4. The van der Waals surface area contributed by atoms with Crippen molar-refractivity contribution in [1.29, 1.82) is 0 Å². The van der Waals surface area contributed by atoms with Gasteiger partial charge in [-0.2, -0.15) is 0 Å². The molecule has 248 valence electrons. The zero-order valence-corrected chi connectivity index (χ0v) is 28.2. The number of rotatable bonds is 7. The van der Waals surface area contributed by atoms with Gasteiger partial charge in [0.25, 0.3) is 5.91 Å². The summed E-state index contributed by atoms with van der Waals surface area (Å²) >= 11 is 1.45. The molecule has 4 saturated carbocycles. The van der Waals surface area contributed by atoms with Gasteiger partial charge in [0.2, 0.25) is 0 Å². The first-order chi connectivity index (χ1) is 23.8. The van der Waals surface area contributed by atoms with Crippen LogP contribution in [0, 0.1) is 24.7 Å². The van der Waals surface area contributed by atoms with E-state index in [1.165, 1.54) is 49.9 Å². The SMILES string of the molecule is Cc1c(-c2ccc(N3CCc4cccc(C(=O)Nc5nc6ccccc6s5)c4C3)nc2C(=O)O)ccnc1NC12CC3CC(CC(C3)C1)C2. The molecule has 0 atom stereocenters. The van der Waals surface area contributed by atoms with Gasteiger partial charge in [-0.15, -0.1) is 0 Å². The molecule has 4 bridgehead atoms. The molecule has 4 aliphatic carbocycles. The molecular formula is C39H38N6O3S. The molecule has 1 amide bonds. The number of thiazole rings is 1. The third-order valence-corrected chi connectivity index (χ3v) is 12.3. The number of anilines is 3. The largest absolute Gasteiger partial charge is 0.476 e. The molecule has 3 N–H and O–H groups in total. The van der Waals surface area contributed by atoms with E-state index >= 15 is 0 Å². The summed E-state index contributed by atoms with van der Waals surface area (Å²) in [4.78, 5) is 42.4. The second-order valence-corrected chi connectivity index (χ2v) is 15.6. The molecule has 10 rings (SSSR count). The minimum atomic E-state index is -1.07. The van der Waals surface area contributed by atoms with Crippen molar-refractivity contribution in [3.63, 3.8) is 0 Å². The number of carboxylic acids is 1. The molecule has 5 aliphatic rings. The van der Waals surface area contributed by atoms with Crippen LogP contribution in [0.15, 0.2) is 66.9 Å². The van der Waals surface area contributed by atoms with Crippen LogP contribution in [0.5, 0.6) is 0 Å². The Labute approximate surface area is 288 Å². The number of nitrogens with one attached hydrogen (secondary N) is 2. The van der Waals surface area contributed by atoms with Gasteiger partial charge in [0.1, 0.15) is 11.6 Å². The first kappa shape index (κ1) is 30.2. The maximum Gasteiger partial charge on any atom is 0.355 e. The Kier molecular flexibility index (Phi) is 7.19. The third-order valence-electron chi connectivity index (χ3n) is 11.4. The van der Waals surface area contributed by atoms with Gasteiger partial charge in [-0.05, 0) is 128 Å². The standard InChI is InChI=1S/C39H38N6O3S/c1-22-27(11-13-40-35(22)44-39-18-23-15-24(19-39)17-25(16-23)20-39)28-9-10-33(42-34(28)37(47)48)45-14-12-26-5-4-6-29(30(26)21-45)36(46)43-38-41-31-7-2-3-8-32(31)49-38/h2-11,13,23-25H,12,14-21H2,1H3,(H,40,44)(H,47,48)(H,41,43,46). The topological polar surface area (TPSA) is 120 Å². The number of carboxylic acid groups (broad SMARTS) is 1. The molecule has 0 saturated heterocycles. The average Bonchev–Trinajstić information content (AvgIpc) is 3.50. The Balaban J connectivity index is 0.984. The Hall–Kier alpha value is -4.83. The van der Waals surface area contributed by atoms with Crippen LogP contribution in [0.2, 0.25) is 0 Å². The van der Waals surface area contributed by atoms with Gasteiger partial charge in [0, 0.05) is 36.0 Å². The monoisotopic (exact) mass is 670 g/mol. The van der Waals surface area contributed by atoms with Crippen LogP contribution in [0.25, 0.3) is 21.3 Å². The highest BCUT2D eigenvalue weighted by Crippen LogP contribution is 2.56. The maximum atomic E-state index is 13.5. The fraction of sp³-hybridized carbons (Fsp3) is 0.359. The molecule has 10 heteroatoms. The van der Waals surface area contributed by atoms with Crippen LogP contribution >= 0.6 is 11.3 Å². The highest BCUT2D eigenvalue weighted by atomic mass is 32.1. The van der Waals surface area contributed by atoms with E-state index in [1.807, 2.05) is 61.5 Å². The number of aromatic carboxylic acids is 1. The van der Waals surface area contributed by atoms with E-state index in [-0.39, 0.29) is 17.1 Å². The first-order valence-corrected chi connectivity index (χ1v) is 18.1. The fourth-order valence-corrected chi connectivity index (χ4v) is 10.4. The second-order valence-electron chi connectivity index (χ2n) is 14.6. The van der Waals surface area contributed by atoms with Crippen molar-refractivity contribution in [3.8, 4) is 11.1 Å². The molecule has 5 aromatic rings. The number of carbonyl (C=O) groups is 2. The number of hydrogen-bond donors (Lipinski definition) is 3. The highest BCUT2D eigenvalue weighted by Gasteiger charge is 2.51. The Morgan fingerprint density at radius 3 is 2.45 bits per heavy atom. The number of aromatic nitrogens is 3. The predicted octanol–water partition coefficient (Wildman–Crippen LogP) is 7.96.